The summed E-state index contributed by atoms with van der Waals surface area (Å²) in [4.78, 5) is 0. The summed E-state index contributed by atoms with van der Waals surface area (Å²) >= 11 is 0. The second kappa shape index (κ2) is 14.9. The van der Waals surface area contributed by atoms with Crippen LogP contribution in [0.4, 0.5) is 8.78 Å². The summed E-state index contributed by atoms with van der Waals surface area (Å²) in [6.07, 6.45) is 12.0. The van der Waals surface area contributed by atoms with E-state index < -0.39 is 11.6 Å². The Morgan fingerprint density at radius 1 is 0.500 bits per heavy atom. The number of aryl methyl sites for hydroxylation is 2. The van der Waals surface area contributed by atoms with E-state index in [0.717, 1.165) is 36.1 Å². The lowest BCUT2D eigenvalue weighted by Gasteiger charge is -2.02. The van der Waals surface area contributed by atoms with Crippen LogP contribution in [0.25, 0.3) is 0 Å². The highest BCUT2D eigenvalue weighted by molar-refractivity contribution is 5.49. The zero-order valence-corrected chi connectivity index (χ0v) is 21.6. The molecule has 0 N–H and O–H groups in total. The van der Waals surface area contributed by atoms with Gasteiger partial charge in [-0.15, -0.1) is 0 Å². The van der Waals surface area contributed by atoms with Gasteiger partial charge >= 0.3 is 0 Å². The maximum Gasteiger partial charge on any atom is 0.140 e. The van der Waals surface area contributed by atoms with Crippen LogP contribution in [0.2, 0.25) is 0 Å². The Bertz CT molecular complexity index is 1110. The maximum absolute atomic E-state index is 14.6. The van der Waals surface area contributed by atoms with E-state index in [2.05, 4.69) is 61.8 Å². The lowest BCUT2D eigenvalue weighted by Crippen LogP contribution is -1.92. The standard InChI is InChI=1S/C34H36F2/c1-3-5-7-9-11-27-13-17-29(18-14-27)21-23-31-25-34(36)32(26-33(31)35)24-22-30-19-15-28(16-20-30)12-10-8-6-4-2/h13-20,25-26H,3-12H2,1-2H3. The fourth-order valence-corrected chi connectivity index (χ4v) is 4.04. The van der Waals surface area contributed by atoms with Crippen LogP contribution < -0.4 is 0 Å². The van der Waals surface area contributed by atoms with Crippen molar-refractivity contribution in [1.82, 2.24) is 0 Å². The molecule has 0 heterocycles. The van der Waals surface area contributed by atoms with Crippen molar-refractivity contribution in [3.8, 4) is 23.7 Å². The number of halogens is 2. The van der Waals surface area contributed by atoms with Crippen molar-refractivity contribution >= 4 is 0 Å². The topological polar surface area (TPSA) is 0 Å². The van der Waals surface area contributed by atoms with Gasteiger partial charge in [0, 0.05) is 11.1 Å². The highest BCUT2D eigenvalue weighted by atomic mass is 19.1. The van der Waals surface area contributed by atoms with E-state index in [-0.39, 0.29) is 11.1 Å². The monoisotopic (exact) mass is 482 g/mol. The summed E-state index contributed by atoms with van der Waals surface area (Å²) in [5, 5.41) is 0. The number of hydrogen-bond acceptors (Lipinski definition) is 0. The zero-order valence-electron chi connectivity index (χ0n) is 21.6. The van der Waals surface area contributed by atoms with E-state index in [1.807, 2.05) is 24.3 Å². The van der Waals surface area contributed by atoms with Crippen LogP contribution in [0.15, 0.2) is 60.7 Å². The molecule has 0 aliphatic carbocycles. The second-order valence-electron chi connectivity index (χ2n) is 9.33. The van der Waals surface area contributed by atoms with Gasteiger partial charge in [-0.2, -0.15) is 0 Å². The van der Waals surface area contributed by atoms with Crippen molar-refractivity contribution in [3.63, 3.8) is 0 Å². The average Bonchev–Trinajstić information content (AvgIpc) is 2.90. The van der Waals surface area contributed by atoms with Gasteiger partial charge in [-0.05, 0) is 73.2 Å². The summed E-state index contributed by atoms with van der Waals surface area (Å²) < 4.78 is 29.2. The van der Waals surface area contributed by atoms with Crippen LogP contribution in [-0.4, -0.2) is 0 Å². The fraction of sp³-hybridized carbons (Fsp3) is 0.353. The van der Waals surface area contributed by atoms with Crippen LogP contribution in [0, 0.1) is 35.3 Å². The van der Waals surface area contributed by atoms with Crippen molar-refractivity contribution in [2.75, 3.05) is 0 Å². The third kappa shape index (κ3) is 9.02. The minimum Gasteiger partial charge on any atom is -0.206 e. The molecular formula is C34H36F2. The molecular weight excluding hydrogens is 446 g/mol. The third-order valence-corrected chi connectivity index (χ3v) is 6.29. The predicted molar refractivity (Wildman–Crippen MR) is 147 cm³/mol. The Labute approximate surface area is 216 Å². The summed E-state index contributed by atoms with van der Waals surface area (Å²) in [5.41, 5.74) is 4.19. The van der Waals surface area contributed by atoms with Gasteiger partial charge in [0.1, 0.15) is 11.6 Å². The molecule has 3 aromatic carbocycles. The quantitative estimate of drug-likeness (QED) is 0.200. The number of benzene rings is 3. The molecule has 0 radical (unpaired) electrons. The molecule has 0 atom stereocenters. The molecule has 0 spiro atoms. The molecule has 0 amide bonds. The largest absolute Gasteiger partial charge is 0.206 e. The van der Waals surface area contributed by atoms with Crippen molar-refractivity contribution < 1.29 is 8.78 Å². The summed E-state index contributed by atoms with van der Waals surface area (Å²) in [6, 6.07) is 18.3. The molecule has 0 aliphatic heterocycles. The first kappa shape index (κ1) is 27.2. The van der Waals surface area contributed by atoms with Crippen LogP contribution in [-0.2, 0) is 12.8 Å². The summed E-state index contributed by atoms with van der Waals surface area (Å²) in [7, 11) is 0. The molecule has 0 aliphatic rings. The minimum atomic E-state index is -0.567. The molecule has 2 heteroatoms. The number of rotatable bonds is 10. The molecule has 3 aromatic rings. The Balaban J connectivity index is 1.62. The van der Waals surface area contributed by atoms with Gasteiger partial charge in [0.15, 0.2) is 0 Å². The van der Waals surface area contributed by atoms with Gasteiger partial charge in [0.2, 0.25) is 0 Å². The molecule has 0 bridgehead atoms. The van der Waals surface area contributed by atoms with Crippen LogP contribution in [0.3, 0.4) is 0 Å². The first-order valence-electron chi connectivity index (χ1n) is 13.3. The lowest BCUT2D eigenvalue weighted by atomic mass is 10.0. The smallest absolute Gasteiger partial charge is 0.140 e. The molecule has 3 rings (SSSR count). The zero-order chi connectivity index (χ0) is 25.6. The number of unbranched alkanes of at least 4 members (excludes halogenated alkanes) is 6. The van der Waals surface area contributed by atoms with E-state index in [0.29, 0.717) is 0 Å². The van der Waals surface area contributed by atoms with Gasteiger partial charge in [-0.25, -0.2) is 8.78 Å². The molecule has 0 unspecified atom stereocenters. The Hall–Kier alpha value is -3.36. The average molecular weight is 483 g/mol. The van der Waals surface area contributed by atoms with Gasteiger partial charge < -0.3 is 0 Å². The molecule has 36 heavy (non-hydrogen) atoms. The van der Waals surface area contributed by atoms with Gasteiger partial charge in [0.05, 0.1) is 11.1 Å². The van der Waals surface area contributed by atoms with Crippen molar-refractivity contribution in [2.45, 2.75) is 78.1 Å². The first-order valence-corrected chi connectivity index (χ1v) is 13.3. The second-order valence-corrected chi connectivity index (χ2v) is 9.33. The van der Waals surface area contributed by atoms with E-state index in [1.165, 1.54) is 62.5 Å². The van der Waals surface area contributed by atoms with Crippen LogP contribution >= 0.6 is 0 Å². The van der Waals surface area contributed by atoms with E-state index >= 15 is 0 Å². The lowest BCUT2D eigenvalue weighted by molar-refractivity contribution is 0.594. The molecule has 0 saturated carbocycles. The Kier molecular flexibility index (Phi) is 11.3. The van der Waals surface area contributed by atoms with Crippen molar-refractivity contribution in [1.29, 1.82) is 0 Å². The summed E-state index contributed by atoms with van der Waals surface area (Å²) in [5.74, 6) is 10.3. The summed E-state index contributed by atoms with van der Waals surface area (Å²) in [6.45, 7) is 4.41. The molecule has 186 valence electrons. The van der Waals surface area contributed by atoms with Crippen molar-refractivity contribution in [3.05, 3.63) is 106 Å². The van der Waals surface area contributed by atoms with Crippen LogP contribution in [0.5, 0.6) is 0 Å². The highest BCUT2D eigenvalue weighted by Crippen LogP contribution is 2.15. The first-order chi connectivity index (χ1) is 17.6. The molecule has 0 saturated heterocycles. The SMILES string of the molecule is CCCCCCc1ccc(C#Cc2cc(F)c(C#Cc3ccc(CCCCCC)cc3)cc2F)cc1. The number of hydrogen-bond donors (Lipinski definition) is 0. The van der Waals surface area contributed by atoms with Crippen molar-refractivity contribution in [2.24, 2.45) is 0 Å². The molecule has 0 nitrogen and oxygen atoms in total. The molecule has 0 fully saturated rings. The van der Waals surface area contributed by atoms with Gasteiger partial charge in [-0.3, -0.25) is 0 Å². The van der Waals surface area contributed by atoms with Gasteiger partial charge in [-0.1, -0.05) is 100 Å². The normalized spacial score (nSPS) is 10.3. The Morgan fingerprint density at radius 3 is 1.25 bits per heavy atom. The van der Waals surface area contributed by atoms with E-state index in [9.17, 15) is 8.78 Å². The minimum absolute atomic E-state index is 0.0362. The third-order valence-electron chi connectivity index (χ3n) is 6.29. The van der Waals surface area contributed by atoms with Crippen LogP contribution in [0.1, 0.15) is 98.6 Å². The maximum atomic E-state index is 14.6. The van der Waals surface area contributed by atoms with E-state index in [1.54, 1.807) is 0 Å². The molecule has 0 aromatic heterocycles. The Morgan fingerprint density at radius 2 is 0.889 bits per heavy atom. The fourth-order valence-electron chi connectivity index (χ4n) is 4.04. The highest BCUT2D eigenvalue weighted by Gasteiger charge is 2.07. The van der Waals surface area contributed by atoms with E-state index in [4.69, 9.17) is 0 Å². The predicted octanol–water partition coefficient (Wildman–Crippen LogP) is 9.01. The van der Waals surface area contributed by atoms with Gasteiger partial charge in [0.25, 0.3) is 0 Å².